The molecule has 0 aliphatic heterocycles. The minimum Gasteiger partial charge on any atom is -0.496 e. The van der Waals surface area contributed by atoms with Crippen LogP contribution in [0.1, 0.15) is 17.2 Å². The summed E-state index contributed by atoms with van der Waals surface area (Å²) >= 11 is 0. The van der Waals surface area contributed by atoms with Crippen LogP contribution in [0.25, 0.3) is 0 Å². The molecule has 1 rings (SSSR count). The van der Waals surface area contributed by atoms with Crippen molar-refractivity contribution in [2.24, 2.45) is 5.73 Å². The summed E-state index contributed by atoms with van der Waals surface area (Å²) in [6, 6.07) is 5.37. The molecule has 0 radical (unpaired) electrons. The monoisotopic (exact) mass is 181 g/mol. The lowest BCUT2D eigenvalue weighted by atomic mass is 10.1. The van der Waals surface area contributed by atoms with Crippen molar-refractivity contribution in [2.45, 2.75) is 13.0 Å². The summed E-state index contributed by atoms with van der Waals surface area (Å²) in [5, 5.41) is 8.86. The van der Waals surface area contributed by atoms with Crippen molar-refractivity contribution in [1.82, 2.24) is 0 Å². The van der Waals surface area contributed by atoms with Crippen LogP contribution in [-0.4, -0.2) is 18.8 Å². The standard InChI is InChI=1S/C10H15NO2/c1-7-3-4-8(9(11)6-12)5-10(7)13-2/h3-5,9,12H,6,11H2,1-2H3/t9-/m0/s1. The van der Waals surface area contributed by atoms with E-state index in [2.05, 4.69) is 0 Å². The average Bonchev–Trinajstić information content (AvgIpc) is 2.17. The van der Waals surface area contributed by atoms with Crippen LogP contribution in [-0.2, 0) is 0 Å². The molecule has 72 valence electrons. The lowest BCUT2D eigenvalue weighted by Gasteiger charge is -2.11. The molecule has 0 unspecified atom stereocenters. The maximum Gasteiger partial charge on any atom is 0.122 e. The van der Waals surface area contributed by atoms with Crippen molar-refractivity contribution in [3.8, 4) is 5.75 Å². The Balaban J connectivity index is 2.99. The van der Waals surface area contributed by atoms with Crippen LogP contribution in [0.15, 0.2) is 18.2 Å². The van der Waals surface area contributed by atoms with Gasteiger partial charge in [0.2, 0.25) is 0 Å². The Morgan fingerprint density at radius 3 is 2.77 bits per heavy atom. The van der Waals surface area contributed by atoms with Gasteiger partial charge in [0.1, 0.15) is 5.75 Å². The third-order valence-corrected chi connectivity index (χ3v) is 2.06. The number of hydrogen-bond acceptors (Lipinski definition) is 3. The maximum atomic E-state index is 8.86. The number of hydrogen-bond donors (Lipinski definition) is 2. The molecule has 0 fully saturated rings. The van der Waals surface area contributed by atoms with Gasteiger partial charge in [-0.2, -0.15) is 0 Å². The quantitative estimate of drug-likeness (QED) is 0.731. The van der Waals surface area contributed by atoms with Gasteiger partial charge in [-0.25, -0.2) is 0 Å². The molecule has 3 heteroatoms. The molecule has 0 aromatic heterocycles. The van der Waals surface area contributed by atoms with Gasteiger partial charge in [-0.3, -0.25) is 0 Å². The van der Waals surface area contributed by atoms with Gasteiger partial charge in [-0.05, 0) is 24.1 Å². The molecule has 3 nitrogen and oxygen atoms in total. The fourth-order valence-electron chi connectivity index (χ4n) is 1.17. The van der Waals surface area contributed by atoms with Gasteiger partial charge in [-0.1, -0.05) is 12.1 Å². The van der Waals surface area contributed by atoms with Gasteiger partial charge in [0.15, 0.2) is 0 Å². The first-order valence-corrected chi connectivity index (χ1v) is 4.20. The van der Waals surface area contributed by atoms with Crippen LogP contribution in [0.3, 0.4) is 0 Å². The molecule has 1 aromatic rings. The first kappa shape index (κ1) is 10.0. The number of rotatable bonds is 3. The van der Waals surface area contributed by atoms with Gasteiger partial charge in [0, 0.05) is 0 Å². The van der Waals surface area contributed by atoms with Crippen molar-refractivity contribution >= 4 is 0 Å². The van der Waals surface area contributed by atoms with E-state index in [0.717, 1.165) is 16.9 Å². The van der Waals surface area contributed by atoms with Crippen molar-refractivity contribution in [3.63, 3.8) is 0 Å². The average molecular weight is 181 g/mol. The molecule has 3 N–H and O–H groups in total. The Morgan fingerprint density at radius 2 is 2.23 bits per heavy atom. The highest BCUT2D eigenvalue weighted by Gasteiger charge is 2.06. The number of aliphatic hydroxyl groups is 1. The molecule has 0 amide bonds. The highest BCUT2D eigenvalue weighted by Crippen LogP contribution is 2.21. The first-order valence-electron chi connectivity index (χ1n) is 4.20. The van der Waals surface area contributed by atoms with Crippen LogP contribution in [0, 0.1) is 6.92 Å². The van der Waals surface area contributed by atoms with E-state index in [1.54, 1.807) is 7.11 Å². The second-order valence-corrected chi connectivity index (χ2v) is 3.02. The van der Waals surface area contributed by atoms with Crippen molar-refractivity contribution in [1.29, 1.82) is 0 Å². The van der Waals surface area contributed by atoms with Gasteiger partial charge >= 0.3 is 0 Å². The molecule has 0 saturated heterocycles. The summed E-state index contributed by atoms with van der Waals surface area (Å²) in [7, 11) is 1.62. The predicted octanol–water partition coefficient (Wildman–Crippen LogP) is 0.996. The van der Waals surface area contributed by atoms with Crippen molar-refractivity contribution < 1.29 is 9.84 Å². The molecule has 0 heterocycles. The summed E-state index contributed by atoms with van der Waals surface area (Å²) in [4.78, 5) is 0. The van der Waals surface area contributed by atoms with E-state index < -0.39 is 0 Å². The van der Waals surface area contributed by atoms with Gasteiger partial charge in [-0.15, -0.1) is 0 Å². The third kappa shape index (κ3) is 2.20. The topological polar surface area (TPSA) is 55.5 Å². The largest absolute Gasteiger partial charge is 0.496 e. The minimum atomic E-state index is -0.325. The van der Waals surface area contributed by atoms with E-state index in [1.807, 2.05) is 25.1 Å². The number of aryl methyl sites for hydroxylation is 1. The number of aliphatic hydroxyl groups excluding tert-OH is 1. The fraction of sp³-hybridized carbons (Fsp3) is 0.400. The van der Waals surface area contributed by atoms with E-state index >= 15 is 0 Å². The lowest BCUT2D eigenvalue weighted by molar-refractivity contribution is 0.267. The summed E-state index contributed by atoms with van der Waals surface area (Å²) in [6.07, 6.45) is 0. The van der Waals surface area contributed by atoms with Crippen LogP contribution in [0.2, 0.25) is 0 Å². The van der Waals surface area contributed by atoms with Gasteiger partial charge < -0.3 is 15.6 Å². The summed E-state index contributed by atoms with van der Waals surface area (Å²) in [5.41, 5.74) is 7.62. The summed E-state index contributed by atoms with van der Waals surface area (Å²) in [5.74, 6) is 0.807. The number of benzene rings is 1. The molecule has 0 saturated carbocycles. The van der Waals surface area contributed by atoms with Crippen LogP contribution in [0.5, 0.6) is 5.75 Å². The number of nitrogens with two attached hydrogens (primary N) is 1. The fourth-order valence-corrected chi connectivity index (χ4v) is 1.17. The second kappa shape index (κ2) is 4.25. The number of ether oxygens (including phenoxy) is 1. The number of methoxy groups -OCH3 is 1. The molecule has 0 aliphatic carbocycles. The summed E-state index contributed by atoms with van der Waals surface area (Å²) in [6.45, 7) is 1.92. The highest BCUT2D eigenvalue weighted by atomic mass is 16.5. The summed E-state index contributed by atoms with van der Waals surface area (Å²) < 4.78 is 5.14. The van der Waals surface area contributed by atoms with E-state index in [1.165, 1.54) is 0 Å². The van der Waals surface area contributed by atoms with Gasteiger partial charge in [0.25, 0.3) is 0 Å². The maximum absolute atomic E-state index is 8.86. The van der Waals surface area contributed by atoms with Crippen molar-refractivity contribution in [3.05, 3.63) is 29.3 Å². The zero-order valence-corrected chi connectivity index (χ0v) is 7.95. The van der Waals surface area contributed by atoms with E-state index in [0.29, 0.717) is 0 Å². The zero-order valence-electron chi connectivity index (χ0n) is 7.95. The molecule has 0 bridgehead atoms. The van der Waals surface area contributed by atoms with Crippen molar-refractivity contribution in [2.75, 3.05) is 13.7 Å². The molecule has 0 aliphatic rings. The lowest BCUT2D eigenvalue weighted by Crippen LogP contribution is -2.14. The Morgan fingerprint density at radius 1 is 1.54 bits per heavy atom. The second-order valence-electron chi connectivity index (χ2n) is 3.02. The Bertz CT molecular complexity index is 286. The van der Waals surface area contributed by atoms with Crippen LogP contribution < -0.4 is 10.5 Å². The molecule has 13 heavy (non-hydrogen) atoms. The Kier molecular flexibility index (Phi) is 3.28. The SMILES string of the molecule is COc1cc([C@@H](N)CO)ccc1C. The third-order valence-electron chi connectivity index (χ3n) is 2.06. The van der Waals surface area contributed by atoms with E-state index in [-0.39, 0.29) is 12.6 Å². The zero-order chi connectivity index (χ0) is 9.84. The smallest absolute Gasteiger partial charge is 0.122 e. The molecule has 1 atom stereocenters. The predicted molar refractivity (Wildman–Crippen MR) is 51.7 cm³/mol. The molecule has 0 spiro atoms. The van der Waals surface area contributed by atoms with E-state index in [4.69, 9.17) is 15.6 Å². The first-order chi connectivity index (χ1) is 6.19. The van der Waals surface area contributed by atoms with Crippen LogP contribution >= 0.6 is 0 Å². The van der Waals surface area contributed by atoms with E-state index in [9.17, 15) is 0 Å². The van der Waals surface area contributed by atoms with Gasteiger partial charge in [0.05, 0.1) is 19.8 Å². The van der Waals surface area contributed by atoms with Crippen LogP contribution in [0.4, 0.5) is 0 Å². The normalized spacial score (nSPS) is 12.6. The molecular formula is C10H15NO2. The molecule has 1 aromatic carbocycles. The molecular weight excluding hydrogens is 166 g/mol. The minimum absolute atomic E-state index is 0.0494. The Hall–Kier alpha value is -1.06. The highest BCUT2D eigenvalue weighted by molar-refractivity contribution is 5.37. The Labute approximate surface area is 78.1 Å².